The van der Waals surface area contributed by atoms with Gasteiger partial charge in [-0.05, 0) is 37.3 Å². The van der Waals surface area contributed by atoms with Crippen LogP contribution in [0.25, 0.3) is 0 Å². The van der Waals surface area contributed by atoms with E-state index in [0.29, 0.717) is 5.92 Å². The van der Waals surface area contributed by atoms with Crippen molar-refractivity contribution >= 4 is 11.6 Å². The van der Waals surface area contributed by atoms with Crippen molar-refractivity contribution < 1.29 is 0 Å². The Kier molecular flexibility index (Phi) is 2.78. The van der Waals surface area contributed by atoms with Gasteiger partial charge in [-0.1, -0.05) is 19.4 Å². The summed E-state index contributed by atoms with van der Waals surface area (Å²) in [5, 5.41) is 0. The summed E-state index contributed by atoms with van der Waals surface area (Å²) in [6.45, 7) is 2.15. The zero-order valence-electron chi connectivity index (χ0n) is 8.54. The van der Waals surface area contributed by atoms with Crippen LogP contribution in [0.15, 0.2) is 24.4 Å². The van der Waals surface area contributed by atoms with E-state index in [1.165, 1.54) is 19.3 Å². The molecule has 0 amide bonds. The van der Waals surface area contributed by atoms with Gasteiger partial charge in [-0.3, -0.25) is 4.98 Å². The molecule has 0 radical (unpaired) electrons. The molecule has 0 N–H and O–H groups in total. The Morgan fingerprint density at radius 1 is 1.50 bits per heavy atom. The van der Waals surface area contributed by atoms with Crippen LogP contribution in [-0.4, -0.2) is 4.98 Å². The number of aromatic nitrogens is 1. The van der Waals surface area contributed by atoms with Crippen LogP contribution in [0.2, 0.25) is 0 Å². The molecule has 2 heteroatoms. The van der Waals surface area contributed by atoms with Crippen molar-refractivity contribution in [3.05, 3.63) is 30.1 Å². The van der Waals surface area contributed by atoms with E-state index in [1.54, 1.807) is 0 Å². The van der Waals surface area contributed by atoms with Crippen LogP contribution < -0.4 is 0 Å². The molecular weight excluding hydrogens is 194 g/mol. The van der Waals surface area contributed by atoms with Crippen molar-refractivity contribution in [2.24, 2.45) is 5.92 Å². The Bertz CT molecular complexity index is 294. The molecule has 0 bridgehead atoms. The lowest BCUT2D eigenvalue weighted by atomic mass is 9.72. The first-order chi connectivity index (χ1) is 6.77. The van der Waals surface area contributed by atoms with Gasteiger partial charge in [-0.25, -0.2) is 0 Å². The van der Waals surface area contributed by atoms with Gasteiger partial charge in [0, 0.05) is 6.20 Å². The number of alkyl halides is 1. The van der Waals surface area contributed by atoms with Crippen LogP contribution in [0.4, 0.5) is 0 Å². The van der Waals surface area contributed by atoms with Crippen molar-refractivity contribution in [1.29, 1.82) is 0 Å². The minimum absolute atomic E-state index is 0.209. The Morgan fingerprint density at radius 3 is 2.71 bits per heavy atom. The summed E-state index contributed by atoms with van der Waals surface area (Å²) in [5.41, 5.74) is 1.05. The second-order valence-corrected chi connectivity index (χ2v) is 4.73. The second-order valence-electron chi connectivity index (χ2n) is 4.06. The lowest BCUT2D eigenvalue weighted by Crippen LogP contribution is -2.34. The average molecular weight is 210 g/mol. The summed E-state index contributed by atoms with van der Waals surface area (Å²) in [6, 6.07) is 6.01. The van der Waals surface area contributed by atoms with Crippen molar-refractivity contribution in [3.8, 4) is 0 Å². The van der Waals surface area contributed by atoms with E-state index in [2.05, 4.69) is 18.0 Å². The van der Waals surface area contributed by atoms with E-state index in [0.717, 1.165) is 12.1 Å². The number of hydrogen-bond acceptors (Lipinski definition) is 1. The van der Waals surface area contributed by atoms with Gasteiger partial charge in [-0.2, -0.15) is 0 Å². The summed E-state index contributed by atoms with van der Waals surface area (Å²) in [7, 11) is 0. The summed E-state index contributed by atoms with van der Waals surface area (Å²) in [4.78, 5) is 4.18. The van der Waals surface area contributed by atoms with Gasteiger partial charge in [0.25, 0.3) is 0 Å². The minimum atomic E-state index is -0.209. The Hall–Kier alpha value is -0.560. The third-order valence-electron chi connectivity index (χ3n) is 3.36. The lowest BCUT2D eigenvalue weighted by molar-refractivity contribution is 0.221. The fourth-order valence-electron chi connectivity index (χ4n) is 2.15. The highest BCUT2D eigenvalue weighted by atomic mass is 35.5. The maximum atomic E-state index is 6.69. The minimum Gasteiger partial charge on any atom is -0.259 e. The zero-order valence-corrected chi connectivity index (χ0v) is 9.30. The van der Waals surface area contributed by atoms with Gasteiger partial charge >= 0.3 is 0 Å². The fourth-order valence-corrected chi connectivity index (χ4v) is 2.48. The van der Waals surface area contributed by atoms with Gasteiger partial charge in [0.05, 0.1) is 10.6 Å². The Morgan fingerprint density at radius 2 is 2.29 bits per heavy atom. The van der Waals surface area contributed by atoms with Crippen molar-refractivity contribution in [2.45, 2.75) is 37.5 Å². The van der Waals surface area contributed by atoms with Crippen LogP contribution in [0.3, 0.4) is 0 Å². The van der Waals surface area contributed by atoms with Crippen LogP contribution in [-0.2, 0) is 4.87 Å². The number of rotatable bonds is 3. The molecule has 1 atom stereocenters. The third-order valence-corrected chi connectivity index (χ3v) is 4.13. The molecular formula is C12H16ClN. The molecule has 76 valence electrons. The number of hydrogen-bond donors (Lipinski definition) is 0. The monoisotopic (exact) mass is 209 g/mol. The molecule has 0 spiro atoms. The van der Waals surface area contributed by atoms with Crippen molar-refractivity contribution in [3.63, 3.8) is 0 Å². The topological polar surface area (TPSA) is 12.9 Å². The molecule has 14 heavy (non-hydrogen) atoms. The zero-order chi connectivity index (χ0) is 10.0. The molecule has 1 aliphatic carbocycles. The first-order valence-electron chi connectivity index (χ1n) is 5.38. The van der Waals surface area contributed by atoms with Gasteiger partial charge in [0.2, 0.25) is 0 Å². The molecule has 1 fully saturated rings. The molecule has 1 saturated carbocycles. The molecule has 0 aromatic carbocycles. The fraction of sp³-hybridized carbons (Fsp3) is 0.583. The maximum Gasteiger partial charge on any atom is 0.0891 e. The first kappa shape index (κ1) is 9.97. The molecule has 1 unspecified atom stereocenters. The molecule has 1 nitrogen and oxygen atoms in total. The largest absolute Gasteiger partial charge is 0.259 e. The smallest absolute Gasteiger partial charge is 0.0891 e. The summed E-state index contributed by atoms with van der Waals surface area (Å²) in [5.74, 6) is 0.629. The van der Waals surface area contributed by atoms with E-state index in [4.69, 9.17) is 11.6 Å². The molecule has 1 aromatic heterocycles. The molecule has 1 aliphatic rings. The van der Waals surface area contributed by atoms with E-state index in [-0.39, 0.29) is 4.87 Å². The first-order valence-corrected chi connectivity index (χ1v) is 5.75. The Labute approximate surface area is 90.5 Å². The summed E-state index contributed by atoms with van der Waals surface area (Å²) >= 11 is 6.69. The van der Waals surface area contributed by atoms with Gasteiger partial charge in [0.1, 0.15) is 0 Å². The van der Waals surface area contributed by atoms with E-state index >= 15 is 0 Å². The van der Waals surface area contributed by atoms with Crippen LogP contribution >= 0.6 is 11.6 Å². The lowest BCUT2D eigenvalue weighted by Gasteiger charge is -2.40. The van der Waals surface area contributed by atoms with Gasteiger partial charge in [0.15, 0.2) is 0 Å². The SMILES string of the molecule is CCC(Cl)(c1ccccn1)C1CCC1. The Balaban J connectivity index is 2.27. The summed E-state index contributed by atoms with van der Waals surface area (Å²) in [6.07, 6.45) is 6.64. The highest BCUT2D eigenvalue weighted by Crippen LogP contribution is 2.48. The van der Waals surface area contributed by atoms with Crippen molar-refractivity contribution in [1.82, 2.24) is 4.98 Å². The normalized spacial score (nSPS) is 21.3. The van der Waals surface area contributed by atoms with E-state index in [9.17, 15) is 0 Å². The second kappa shape index (κ2) is 3.90. The molecule has 2 rings (SSSR count). The summed E-state index contributed by atoms with van der Waals surface area (Å²) < 4.78 is 0. The molecule has 0 saturated heterocycles. The number of halogens is 1. The van der Waals surface area contributed by atoms with Crippen LogP contribution in [0.5, 0.6) is 0 Å². The number of nitrogens with zero attached hydrogens (tertiary/aromatic N) is 1. The molecule has 1 aromatic rings. The van der Waals surface area contributed by atoms with Crippen LogP contribution in [0.1, 0.15) is 38.3 Å². The van der Waals surface area contributed by atoms with E-state index in [1.807, 2.05) is 18.3 Å². The highest BCUT2D eigenvalue weighted by Gasteiger charge is 2.41. The predicted octanol–water partition coefficient (Wildman–Crippen LogP) is 3.73. The quantitative estimate of drug-likeness (QED) is 0.692. The molecule has 1 heterocycles. The third kappa shape index (κ3) is 1.54. The number of pyridine rings is 1. The highest BCUT2D eigenvalue weighted by molar-refractivity contribution is 6.24. The van der Waals surface area contributed by atoms with Gasteiger partial charge < -0.3 is 0 Å². The maximum absolute atomic E-state index is 6.69. The van der Waals surface area contributed by atoms with Crippen molar-refractivity contribution in [2.75, 3.05) is 0 Å². The van der Waals surface area contributed by atoms with Crippen LogP contribution in [0, 0.1) is 5.92 Å². The van der Waals surface area contributed by atoms with E-state index < -0.39 is 0 Å². The van der Waals surface area contributed by atoms with Gasteiger partial charge in [-0.15, -0.1) is 11.6 Å². The standard InChI is InChI=1S/C12H16ClN/c1-2-12(13,10-6-5-7-10)11-8-3-4-9-14-11/h3-4,8-10H,2,5-7H2,1H3. The predicted molar refractivity (Wildman–Crippen MR) is 59.4 cm³/mol. The molecule has 0 aliphatic heterocycles. The average Bonchev–Trinajstić information content (AvgIpc) is 2.16.